The standard InChI is InChI=1S/C19H18ClF3N6O.3H2/c20-11-6-12-13(8-26-16(12)25-7-11)17-24-4-3-15(29-17)28-14(5-10-1-2-10)18(30)27-9-19(21,22)23;;;/h3-4,6-8,10,14H,1-2,5,9H2,(H,25,26)(H,27,30)(H,24,28,29);3*1H/t14-;;;/m1.../s1. The van der Waals surface area contributed by atoms with Crippen molar-refractivity contribution in [1.82, 2.24) is 25.3 Å². The number of alkyl halides is 3. The van der Waals surface area contributed by atoms with Crippen LogP contribution < -0.4 is 10.6 Å². The summed E-state index contributed by atoms with van der Waals surface area (Å²) < 4.78 is 37.4. The largest absolute Gasteiger partial charge is 0.405 e. The van der Waals surface area contributed by atoms with Crippen LogP contribution in [-0.4, -0.2) is 44.6 Å². The van der Waals surface area contributed by atoms with Gasteiger partial charge in [-0.2, -0.15) is 13.2 Å². The van der Waals surface area contributed by atoms with E-state index in [4.69, 9.17) is 11.6 Å². The maximum absolute atomic E-state index is 12.5. The van der Waals surface area contributed by atoms with E-state index in [1.807, 2.05) is 5.32 Å². The van der Waals surface area contributed by atoms with E-state index in [9.17, 15) is 18.0 Å². The third kappa shape index (κ3) is 4.99. The first-order valence-corrected chi connectivity index (χ1v) is 9.73. The maximum Gasteiger partial charge on any atom is 0.405 e. The maximum atomic E-state index is 12.5. The highest BCUT2D eigenvalue weighted by Crippen LogP contribution is 2.34. The molecule has 1 fully saturated rings. The van der Waals surface area contributed by atoms with Crippen LogP contribution in [0.15, 0.2) is 30.7 Å². The van der Waals surface area contributed by atoms with Crippen LogP contribution in [0.3, 0.4) is 0 Å². The highest BCUT2D eigenvalue weighted by atomic mass is 35.5. The van der Waals surface area contributed by atoms with E-state index in [2.05, 4.69) is 25.3 Å². The summed E-state index contributed by atoms with van der Waals surface area (Å²) in [6.07, 6.45) is 2.63. The van der Waals surface area contributed by atoms with E-state index < -0.39 is 24.7 Å². The van der Waals surface area contributed by atoms with Crippen molar-refractivity contribution < 1.29 is 22.2 Å². The number of carbonyl (C=O) groups excluding carboxylic acids is 1. The normalized spacial score (nSPS) is 15.2. The Kier molecular flexibility index (Phi) is 5.50. The summed E-state index contributed by atoms with van der Waals surface area (Å²) >= 11 is 6.03. The van der Waals surface area contributed by atoms with Crippen molar-refractivity contribution in [2.45, 2.75) is 31.5 Å². The van der Waals surface area contributed by atoms with Gasteiger partial charge in [-0.05, 0) is 24.5 Å². The molecule has 30 heavy (non-hydrogen) atoms. The minimum absolute atomic E-state index is 0. The van der Waals surface area contributed by atoms with Crippen LogP contribution in [0.1, 0.15) is 23.5 Å². The lowest BCUT2D eigenvalue weighted by molar-refractivity contribution is -0.138. The van der Waals surface area contributed by atoms with Gasteiger partial charge in [0.15, 0.2) is 5.82 Å². The number of carbonyl (C=O) groups is 1. The molecule has 0 aromatic carbocycles. The van der Waals surface area contributed by atoms with Gasteiger partial charge in [-0.25, -0.2) is 15.0 Å². The van der Waals surface area contributed by atoms with Gasteiger partial charge < -0.3 is 15.6 Å². The summed E-state index contributed by atoms with van der Waals surface area (Å²) in [7, 11) is 0. The smallest absolute Gasteiger partial charge is 0.358 e. The summed E-state index contributed by atoms with van der Waals surface area (Å²) in [6.45, 7) is -1.37. The average Bonchev–Trinajstić information content (AvgIpc) is 3.42. The lowest BCUT2D eigenvalue weighted by atomic mass is 10.1. The molecule has 0 saturated heterocycles. The Bertz CT molecular complexity index is 1080. The van der Waals surface area contributed by atoms with E-state index >= 15 is 0 Å². The Balaban J connectivity index is 0.00000181. The van der Waals surface area contributed by atoms with Crippen LogP contribution >= 0.6 is 11.6 Å². The second-order valence-electron chi connectivity index (χ2n) is 7.23. The number of anilines is 1. The van der Waals surface area contributed by atoms with E-state index in [0.29, 0.717) is 40.2 Å². The number of aromatic nitrogens is 4. The fourth-order valence-corrected chi connectivity index (χ4v) is 3.30. The summed E-state index contributed by atoms with van der Waals surface area (Å²) in [6, 6.07) is 2.49. The summed E-state index contributed by atoms with van der Waals surface area (Å²) in [5.41, 5.74) is 1.29. The van der Waals surface area contributed by atoms with Gasteiger partial charge in [0.2, 0.25) is 5.91 Å². The molecule has 1 atom stereocenters. The highest BCUT2D eigenvalue weighted by Gasteiger charge is 2.33. The molecule has 3 aromatic rings. The first-order valence-electron chi connectivity index (χ1n) is 9.35. The summed E-state index contributed by atoms with van der Waals surface area (Å²) in [4.78, 5) is 28.3. The minimum Gasteiger partial charge on any atom is -0.358 e. The van der Waals surface area contributed by atoms with Crippen LogP contribution in [0.2, 0.25) is 5.02 Å². The van der Waals surface area contributed by atoms with Crippen molar-refractivity contribution in [2.24, 2.45) is 5.92 Å². The number of fused-ring (bicyclic) bond motifs is 1. The molecule has 11 heteroatoms. The number of rotatable bonds is 7. The van der Waals surface area contributed by atoms with Crippen molar-refractivity contribution in [3.63, 3.8) is 0 Å². The zero-order chi connectivity index (χ0) is 21.3. The lowest BCUT2D eigenvalue weighted by Gasteiger charge is -2.19. The predicted molar refractivity (Wildman–Crippen MR) is 112 cm³/mol. The number of pyridine rings is 1. The molecular formula is C19H24ClF3N6O. The molecule has 1 amide bonds. The van der Waals surface area contributed by atoms with E-state index in [1.54, 1.807) is 18.3 Å². The minimum atomic E-state index is -4.47. The fourth-order valence-electron chi connectivity index (χ4n) is 3.14. The van der Waals surface area contributed by atoms with Crippen molar-refractivity contribution in [2.75, 3.05) is 11.9 Å². The second kappa shape index (κ2) is 8.10. The third-order valence-electron chi connectivity index (χ3n) is 4.76. The van der Waals surface area contributed by atoms with Crippen molar-refractivity contribution in [1.29, 1.82) is 0 Å². The number of H-pyrrole nitrogens is 1. The Morgan fingerprint density at radius 1 is 1.37 bits per heavy atom. The number of aromatic amines is 1. The summed E-state index contributed by atoms with van der Waals surface area (Å²) in [5, 5.41) is 6.11. The highest BCUT2D eigenvalue weighted by molar-refractivity contribution is 6.31. The molecule has 0 radical (unpaired) electrons. The van der Waals surface area contributed by atoms with Gasteiger partial charge >= 0.3 is 6.18 Å². The monoisotopic (exact) mass is 444 g/mol. The Morgan fingerprint density at radius 3 is 2.90 bits per heavy atom. The van der Waals surface area contributed by atoms with Gasteiger partial charge in [-0.15, -0.1) is 0 Å². The van der Waals surface area contributed by atoms with Crippen LogP contribution in [0.5, 0.6) is 0 Å². The quantitative estimate of drug-likeness (QED) is 0.492. The fraction of sp³-hybridized carbons (Fsp3) is 0.368. The molecule has 4 rings (SSSR count). The molecule has 0 spiro atoms. The number of halogens is 4. The van der Waals surface area contributed by atoms with Crippen LogP contribution in [0, 0.1) is 5.92 Å². The first-order chi connectivity index (χ1) is 14.3. The second-order valence-corrected chi connectivity index (χ2v) is 7.66. The van der Waals surface area contributed by atoms with Crippen LogP contribution in [0.25, 0.3) is 22.4 Å². The molecular weight excluding hydrogens is 421 g/mol. The Hall–Kier alpha value is -2.88. The molecule has 1 saturated carbocycles. The zero-order valence-corrected chi connectivity index (χ0v) is 16.4. The number of hydrogen-bond donors (Lipinski definition) is 3. The van der Waals surface area contributed by atoms with Gasteiger partial charge in [0.05, 0.1) is 5.02 Å². The Labute approximate surface area is 178 Å². The van der Waals surface area contributed by atoms with Crippen LogP contribution in [-0.2, 0) is 4.79 Å². The summed E-state index contributed by atoms with van der Waals surface area (Å²) in [5.74, 6) is 0.332. The molecule has 0 unspecified atom stereocenters. The van der Waals surface area contributed by atoms with E-state index in [0.717, 1.165) is 18.2 Å². The molecule has 3 heterocycles. The van der Waals surface area contributed by atoms with Gasteiger partial charge in [0, 0.05) is 33.8 Å². The predicted octanol–water partition coefficient (Wildman–Crippen LogP) is 4.67. The Morgan fingerprint density at radius 2 is 2.17 bits per heavy atom. The number of hydrogen-bond acceptors (Lipinski definition) is 5. The zero-order valence-electron chi connectivity index (χ0n) is 15.6. The molecule has 3 aromatic heterocycles. The average molecular weight is 445 g/mol. The van der Waals surface area contributed by atoms with E-state index in [1.165, 1.54) is 12.4 Å². The van der Waals surface area contributed by atoms with Crippen molar-refractivity contribution >= 4 is 34.4 Å². The number of nitrogens with zero attached hydrogens (tertiary/aromatic N) is 3. The molecule has 1 aliphatic rings. The van der Waals surface area contributed by atoms with Gasteiger partial charge in [0.1, 0.15) is 24.1 Å². The van der Waals surface area contributed by atoms with Crippen molar-refractivity contribution in [3.05, 3.63) is 35.7 Å². The molecule has 164 valence electrons. The molecule has 0 aliphatic heterocycles. The lowest BCUT2D eigenvalue weighted by Crippen LogP contribution is -2.43. The molecule has 0 bridgehead atoms. The first kappa shape index (κ1) is 20.4. The number of nitrogens with one attached hydrogen (secondary N) is 3. The van der Waals surface area contributed by atoms with Gasteiger partial charge in [-0.1, -0.05) is 24.4 Å². The van der Waals surface area contributed by atoms with Crippen molar-refractivity contribution in [3.8, 4) is 11.4 Å². The van der Waals surface area contributed by atoms with Gasteiger partial charge in [-0.3, -0.25) is 4.79 Å². The van der Waals surface area contributed by atoms with Gasteiger partial charge in [0.25, 0.3) is 0 Å². The topological polar surface area (TPSA) is 95.6 Å². The van der Waals surface area contributed by atoms with E-state index in [-0.39, 0.29) is 4.28 Å². The molecule has 1 aliphatic carbocycles. The third-order valence-corrected chi connectivity index (χ3v) is 4.97. The van der Waals surface area contributed by atoms with Crippen LogP contribution in [0.4, 0.5) is 19.0 Å². The SMILES string of the molecule is O=C(NCC(F)(F)F)[C@@H](CC1CC1)Nc1ccnc(-c2c[nH]c3ncc(Cl)cc23)n1.[HH].[HH].[HH]. The number of amides is 1. The molecule has 3 N–H and O–H groups in total. The molecule has 7 nitrogen and oxygen atoms in total.